The molecular weight excluding hydrogens is 405 g/mol. The number of nitrogens with one attached hydrogen (secondary N) is 1. The Bertz CT molecular complexity index is 561. The molecule has 1 unspecified atom stereocenters. The van der Waals surface area contributed by atoms with Gasteiger partial charge in [-0.25, -0.2) is 0 Å². The first-order chi connectivity index (χ1) is 10.4. The van der Waals surface area contributed by atoms with E-state index >= 15 is 0 Å². The Morgan fingerprint density at radius 1 is 1.35 bits per heavy atom. The molecule has 1 atom stereocenters. The van der Waals surface area contributed by atoms with E-state index in [0.717, 1.165) is 29.6 Å². The van der Waals surface area contributed by atoms with Crippen LogP contribution in [-0.4, -0.2) is 45.2 Å². The number of benzene rings is 1. The van der Waals surface area contributed by atoms with Gasteiger partial charge >= 0.3 is 0 Å². The van der Waals surface area contributed by atoms with Crippen molar-refractivity contribution in [1.82, 2.24) is 10.2 Å². The lowest BCUT2D eigenvalue weighted by Crippen LogP contribution is -2.40. The molecule has 0 radical (unpaired) electrons. The topological polar surface area (TPSA) is 46.1 Å². The van der Waals surface area contributed by atoms with Crippen LogP contribution in [0.1, 0.15) is 25.8 Å². The Labute approximate surface area is 156 Å². The Kier molecular flexibility index (Phi) is 6.98. The van der Waals surface area contributed by atoms with Gasteiger partial charge in [0.15, 0.2) is 5.96 Å². The van der Waals surface area contributed by atoms with Crippen LogP contribution in [0, 0.1) is 5.41 Å². The molecule has 1 aromatic carbocycles. The van der Waals surface area contributed by atoms with Gasteiger partial charge < -0.3 is 19.7 Å². The van der Waals surface area contributed by atoms with Crippen molar-refractivity contribution in [1.29, 1.82) is 0 Å². The third kappa shape index (κ3) is 4.89. The molecule has 23 heavy (non-hydrogen) atoms. The van der Waals surface area contributed by atoms with E-state index in [2.05, 4.69) is 29.1 Å². The number of guanidine groups is 1. The number of ether oxygens (including phenoxy) is 2. The molecule has 1 N–H and O–H groups in total. The molecule has 130 valence electrons. The van der Waals surface area contributed by atoms with E-state index in [-0.39, 0.29) is 24.0 Å². The van der Waals surface area contributed by atoms with Gasteiger partial charge in [0, 0.05) is 38.3 Å². The molecule has 0 bridgehead atoms. The van der Waals surface area contributed by atoms with Crippen LogP contribution in [0.25, 0.3) is 0 Å². The lowest BCUT2D eigenvalue weighted by Gasteiger charge is -2.24. The highest BCUT2D eigenvalue weighted by Gasteiger charge is 2.46. The molecule has 1 aliphatic carbocycles. The Morgan fingerprint density at radius 3 is 2.48 bits per heavy atom. The summed E-state index contributed by atoms with van der Waals surface area (Å²) >= 11 is 0. The number of aliphatic imine (C=N–C) groups is 1. The standard InChI is InChI=1S/C17H27N3O2.HI/c1-17(2)10-15(17)19-16(18-3)20(4)11-12-7-8-13(21-5)9-14(12)22-6;/h7-9,15H,10-11H2,1-6H3,(H,18,19);1H. The summed E-state index contributed by atoms with van der Waals surface area (Å²) < 4.78 is 10.7. The van der Waals surface area contributed by atoms with Crippen molar-refractivity contribution >= 4 is 29.9 Å². The normalized spacial score (nSPS) is 18.7. The van der Waals surface area contributed by atoms with Gasteiger partial charge in [-0.3, -0.25) is 4.99 Å². The minimum absolute atomic E-state index is 0. The number of hydrogen-bond donors (Lipinski definition) is 1. The van der Waals surface area contributed by atoms with E-state index in [4.69, 9.17) is 9.47 Å². The second kappa shape index (κ2) is 8.08. The van der Waals surface area contributed by atoms with E-state index in [1.807, 2.05) is 32.3 Å². The fourth-order valence-corrected chi connectivity index (χ4v) is 2.53. The average molecular weight is 433 g/mol. The Balaban J connectivity index is 0.00000264. The first kappa shape index (κ1) is 19.9. The molecule has 1 aliphatic rings. The minimum atomic E-state index is 0. The lowest BCUT2D eigenvalue weighted by atomic mass is 10.2. The molecule has 0 aliphatic heterocycles. The summed E-state index contributed by atoms with van der Waals surface area (Å²) in [7, 11) is 7.19. The van der Waals surface area contributed by atoms with E-state index < -0.39 is 0 Å². The van der Waals surface area contributed by atoms with Crippen molar-refractivity contribution in [3.8, 4) is 11.5 Å². The summed E-state index contributed by atoms with van der Waals surface area (Å²) in [6.07, 6.45) is 1.19. The predicted molar refractivity (Wildman–Crippen MR) is 105 cm³/mol. The van der Waals surface area contributed by atoms with Crippen LogP contribution < -0.4 is 14.8 Å². The quantitative estimate of drug-likeness (QED) is 0.441. The molecule has 2 rings (SSSR count). The zero-order chi connectivity index (χ0) is 16.3. The Morgan fingerprint density at radius 2 is 2.00 bits per heavy atom. The lowest BCUT2D eigenvalue weighted by molar-refractivity contribution is 0.382. The molecule has 0 saturated heterocycles. The van der Waals surface area contributed by atoms with Gasteiger partial charge in [0.25, 0.3) is 0 Å². The first-order valence-corrected chi connectivity index (χ1v) is 7.56. The highest BCUT2D eigenvalue weighted by atomic mass is 127. The number of hydrogen-bond acceptors (Lipinski definition) is 3. The number of halogens is 1. The number of rotatable bonds is 5. The van der Waals surface area contributed by atoms with Crippen LogP contribution in [0.4, 0.5) is 0 Å². The minimum Gasteiger partial charge on any atom is -0.497 e. The SMILES string of the molecule is CN=C(NC1CC1(C)C)N(C)Cc1ccc(OC)cc1OC.I. The number of nitrogens with zero attached hydrogens (tertiary/aromatic N) is 2. The molecular formula is C17H28IN3O2. The van der Waals surface area contributed by atoms with Crippen LogP contribution in [0.15, 0.2) is 23.2 Å². The van der Waals surface area contributed by atoms with Gasteiger partial charge in [-0.1, -0.05) is 13.8 Å². The van der Waals surface area contributed by atoms with Crippen molar-refractivity contribution in [3.05, 3.63) is 23.8 Å². The van der Waals surface area contributed by atoms with Crippen LogP contribution in [-0.2, 0) is 6.54 Å². The van der Waals surface area contributed by atoms with Gasteiger partial charge in [-0.15, -0.1) is 24.0 Å². The van der Waals surface area contributed by atoms with Crippen molar-refractivity contribution in [3.63, 3.8) is 0 Å². The average Bonchev–Trinajstić information content (AvgIpc) is 3.11. The molecule has 0 aromatic heterocycles. The van der Waals surface area contributed by atoms with E-state index in [0.29, 0.717) is 11.5 Å². The Hall–Kier alpha value is -1.18. The highest BCUT2D eigenvalue weighted by molar-refractivity contribution is 14.0. The molecule has 1 aromatic rings. The molecule has 0 amide bonds. The van der Waals surface area contributed by atoms with Gasteiger partial charge in [0.05, 0.1) is 14.2 Å². The van der Waals surface area contributed by atoms with Crippen molar-refractivity contribution in [2.75, 3.05) is 28.3 Å². The molecule has 5 nitrogen and oxygen atoms in total. The summed E-state index contributed by atoms with van der Waals surface area (Å²) in [6.45, 7) is 5.26. The third-order valence-electron chi connectivity index (χ3n) is 4.29. The van der Waals surface area contributed by atoms with Crippen molar-refractivity contribution in [2.24, 2.45) is 10.4 Å². The van der Waals surface area contributed by atoms with Crippen LogP contribution in [0.3, 0.4) is 0 Å². The summed E-state index contributed by atoms with van der Waals surface area (Å²) in [6, 6.07) is 6.39. The second-order valence-electron chi connectivity index (χ2n) is 6.47. The zero-order valence-corrected chi connectivity index (χ0v) is 17.2. The van der Waals surface area contributed by atoms with Gasteiger partial charge in [-0.05, 0) is 24.0 Å². The number of methoxy groups -OCH3 is 2. The maximum atomic E-state index is 5.46. The second-order valence-corrected chi connectivity index (χ2v) is 6.47. The summed E-state index contributed by atoms with van der Waals surface area (Å²) in [5.74, 6) is 2.53. The summed E-state index contributed by atoms with van der Waals surface area (Å²) in [4.78, 5) is 6.49. The van der Waals surface area contributed by atoms with Crippen LogP contribution >= 0.6 is 24.0 Å². The maximum absolute atomic E-state index is 5.46. The molecule has 1 saturated carbocycles. The van der Waals surface area contributed by atoms with E-state index in [1.165, 1.54) is 6.42 Å². The predicted octanol–water partition coefficient (Wildman–Crippen LogP) is 3.13. The van der Waals surface area contributed by atoms with Crippen molar-refractivity contribution < 1.29 is 9.47 Å². The van der Waals surface area contributed by atoms with Crippen LogP contribution in [0.2, 0.25) is 0 Å². The van der Waals surface area contributed by atoms with Gasteiger partial charge in [0.1, 0.15) is 11.5 Å². The monoisotopic (exact) mass is 433 g/mol. The molecule has 6 heteroatoms. The van der Waals surface area contributed by atoms with Gasteiger partial charge in [-0.2, -0.15) is 0 Å². The fourth-order valence-electron chi connectivity index (χ4n) is 2.53. The largest absolute Gasteiger partial charge is 0.497 e. The summed E-state index contributed by atoms with van der Waals surface area (Å²) in [5, 5.41) is 3.52. The molecule has 1 fully saturated rings. The van der Waals surface area contributed by atoms with Gasteiger partial charge in [0.2, 0.25) is 0 Å². The van der Waals surface area contributed by atoms with Crippen LogP contribution in [0.5, 0.6) is 11.5 Å². The maximum Gasteiger partial charge on any atom is 0.193 e. The highest BCUT2D eigenvalue weighted by Crippen LogP contribution is 2.44. The molecule has 0 heterocycles. The smallest absolute Gasteiger partial charge is 0.193 e. The first-order valence-electron chi connectivity index (χ1n) is 7.56. The van der Waals surface area contributed by atoms with E-state index in [9.17, 15) is 0 Å². The third-order valence-corrected chi connectivity index (χ3v) is 4.29. The molecule has 0 spiro atoms. The summed E-state index contributed by atoms with van der Waals surface area (Å²) in [5.41, 5.74) is 1.47. The fraction of sp³-hybridized carbons (Fsp3) is 0.588. The van der Waals surface area contributed by atoms with E-state index in [1.54, 1.807) is 14.2 Å². The van der Waals surface area contributed by atoms with Crippen molar-refractivity contribution in [2.45, 2.75) is 32.9 Å². The zero-order valence-electron chi connectivity index (χ0n) is 14.8.